The number of carbonyl (C=O) groups is 1. The van der Waals surface area contributed by atoms with Gasteiger partial charge in [-0.2, -0.15) is 0 Å². The van der Waals surface area contributed by atoms with Gasteiger partial charge in [-0.1, -0.05) is 30.0 Å². The summed E-state index contributed by atoms with van der Waals surface area (Å²) in [6.45, 7) is 0. The van der Waals surface area contributed by atoms with Crippen LogP contribution >= 0.6 is 23.4 Å². The maximum atomic E-state index is 11.0. The number of rotatable bonds is 3. The first-order chi connectivity index (χ1) is 9.31. The van der Waals surface area contributed by atoms with Crippen LogP contribution in [0, 0.1) is 0 Å². The second-order valence-corrected chi connectivity index (χ2v) is 5.77. The van der Waals surface area contributed by atoms with Crippen molar-refractivity contribution in [3.05, 3.63) is 48.0 Å². The van der Waals surface area contributed by atoms with Crippen molar-refractivity contribution in [2.45, 2.75) is 15.7 Å². The van der Waals surface area contributed by atoms with Crippen molar-refractivity contribution in [2.24, 2.45) is 0 Å². The highest BCUT2D eigenvalue weighted by atomic mass is 35.5. The molecule has 0 aliphatic carbocycles. The second kappa shape index (κ2) is 5.27. The third-order valence-corrected chi connectivity index (χ3v) is 4.62. The Labute approximate surface area is 121 Å². The summed E-state index contributed by atoms with van der Waals surface area (Å²) in [6, 6.07) is 14.2. The molecule has 19 heavy (non-hydrogen) atoms. The zero-order valence-corrected chi connectivity index (χ0v) is 11.7. The smallest absolute Gasteiger partial charge is 0.128 e. The zero-order valence-electron chi connectivity index (χ0n) is 10.1. The fourth-order valence-electron chi connectivity index (χ4n) is 2.09. The first-order valence-electron chi connectivity index (χ1n) is 6.01. The molecule has 1 unspecified atom stereocenters. The van der Waals surface area contributed by atoms with E-state index in [0.717, 1.165) is 23.2 Å². The van der Waals surface area contributed by atoms with Crippen LogP contribution in [0.15, 0.2) is 52.3 Å². The van der Waals surface area contributed by atoms with Gasteiger partial charge in [-0.3, -0.25) is 0 Å². The van der Waals surface area contributed by atoms with E-state index < -0.39 is 0 Å². The topological polar surface area (TPSA) is 29.1 Å². The van der Waals surface area contributed by atoms with Crippen LogP contribution in [0.25, 0.3) is 0 Å². The minimum atomic E-state index is -0.240. The Morgan fingerprint density at radius 2 is 1.95 bits per heavy atom. The summed E-state index contributed by atoms with van der Waals surface area (Å²) in [5, 5.41) is 3.40. The molecule has 0 saturated heterocycles. The molecule has 2 aromatic rings. The number of halogens is 1. The van der Waals surface area contributed by atoms with Gasteiger partial charge in [0, 0.05) is 15.7 Å². The summed E-state index contributed by atoms with van der Waals surface area (Å²) in [7, 11) is 0. The predicted octanol–water partition coefficient (Wildman–Crippen LogP) is 4.42. The number of alkyl halides is 1. The van der Waals surface area contributed by atoms with Gasteiger partial charge in [-0.05, 0) is 29.8 Å². The van der Waals surface area contributed by atoms with Crippen molar-refractivity contribution in [1.29, 1.82) is 0 Å². The number of fused-ring (bicyclic) bond motifs is 2. The monoisotopic (exact) mass is 289 g/mol. The van der Waals surface area contributed by atoms with E-state index in [1.54, 1.807) is 11.8 Å². The van der Waals surface area contributed by atoms with E-state index in [4.69, 9.17) is 11.6 Å². The van der Waals surface area contributed by atoms with E-state index in [0.29, 0.717) is 5.88 Å². The van der Waals surface area contributed by atoms with Crippen LogP contribution in [-0.2, 0) is 4.79 Å². The van der Waals surface area contributed by atoms with E-state index >= 15 is 0 Å². The quantitative estimate of drug-likeness (QED) is 0.572. The SMILES string of the molecule is O=CC(CCl)c1ccc2c(c1)Nc1ccccc1S2. The molecule has 0 aromatic heterocycles. The fourth-order valence-corrected chi connectivity index (χ4v) is 3.31. The molecule has 0 saturated carbocycles. The summed E-state index contributed by atoms with van der Waals surface area (Å²) < 4.78 is 0. The summed E-state index contributed by atoms with van der Waals surface area (Å²) in [5.41, 5.74) is 3.10. The number of aldehydes is 1. The molecule has 0 amide bonds. The normalized spacial score (nSPS) is 13.9. The summed E-state index contributed by atoms with van der Waals surface area (Å²) in [4.78, 5) is 13.4. The van der Waals surface area contributed by atoms with Gasteiger partial charge in [0.05, 0.1) is 17.3 Å². The second-order valence-electron chi connectivity index (χ2n) is 4.38. The van der Waals surface area contributed by atoms with Crippen LogP contribution in [0.2, 0.25) is 0 Å². The standard InChI is InChI=1S/C15H12ClNOS/c16-8-11(9-18)10-5-6-15-13(7-10)17-12-3-1-2-4-14(12)19-15/h1-7,9,11,17H,8H2. The first-order valence-corrected chi connectivity index (χ1v) is 7.36. The summed E-state index contributed by atoms with van der Waals surface area (Å²) in [6.07, 6.45) is 0.901. The Kier molecular flexibility index (Phi) is 3.49. The Hall–Kier alpha value is -1.45. The molecule has 4 heteroatoms. The van der Waals surface area contributed by atoms with Crippen LogP contribution in [0.1, 0.15) is 11.5 Å². The van der Waals surface area contributed by atoms with Gasteiger partial charge < -0.3 is 10.1 Å². The largest absolute Gasteiger partial charge is 0.354 e. The number of carbonyl (C=O) groups excluding carboxylic acids is 1. The molecular weight excluding hydrogens is 278 g/mol. The number of para-hydroxylation sites is 1. The number of nitrogens with one attached hydrogen (secondary N) is 1. The Morgan fingerprint density at radius 3 is 2.74 bits per heavy atom. The highest BCUT2D eigenvalue weighted by Gasteiger charge is 2.17. The van der Waals surface area contributed by atoms with Gasteiger partial charge in [0.15, 0.2) is 0 Å². The van der Waals surface area contributed by atoms with Crippen molar-refractivity contribution in [3.63, 3.8) is 0 Å². The van der Waals surface area contributed by atoms with E-state index in [9.17, 15) is 4.79 Å². The third-order valence-electron chi connectivity index (χ3n) is 3.14. The minimum Gasteiger partial charge on any atom is -0.354 e. The van der Waals surface area contributed by atoms with Gasteiger partial charge in [-0.25, -0.2) is 0 Å². The lowest BCUT2D eigenvalue weighted by Gasteiger charge is -2.22. The van der Waals surface area contributed by atoms with Gasteiger partial charge >= 0.3 is 0 Å². The zero-order chi connectivity index (χ0) is 13.2. The number of benzene rings is 2. The average molecular weight is 290 g/mol. The van der Waals surface area contributed by atoms with Crippen LogP contribution in [0.5, 0.6) is 0 Å². The maximum absolute atomic E-state index is 11.0. The molecule has 3 rings (SSSR count). The lowest BCUT2D eigenvalue weighted by molar-refractivity contribution is -0.108. The molecule has 2 aromatic carbocycles. The number of hydrogen-bond donors (Lipinski definition) is 1. The molecule has 1 heterocycles. The first kappa shape index (κ1) is 12.6. The van der Waals surface area contributed by atoms with E-state index in [1.807, 2.05) is 30.3 Å². The number of anilines is 2. The van der Waals surface area contributed by atoms with Gasteiger partial charge in [0.1, 0.15) is 6.29 Å². The van der Waals surface area contributed by atoms with Crippen molar-refractivity contribution in [3.8, 4) is 0 Å². The molecule has 1 atom stereocenters. The Morgan fingerprint density at radius 1 is 1.16 bits per heavy atom. The van der Waals surface area contributed by atoms with Crippen LogP contribution in [-0.4, -0.2) is 12.2 Å². The molecule has 2 nitrogen and oxygen atoms in total. The Bertz CT molecular complexity index is 629. The highest BCUT2D eigenvalue weighted by molar-refractivity contribution is 7.99. The van der Waals surface area contributed by atoms with Crippen LogP contribution in [0.4, 0.5) is 11.4 Å². The van der Waals surface area contributed by atoms with Crippen LogP contribution < -0.4 is 5.32 Å². The maximum Gasteiger partial charge on any atom is 0.128 e. The average Bonchev–Trinajstić information content (AvgIpc) is 2.46. The molecule has 0 spiro atoms. The molecule has 96 valence electrons. The van der Waals surface area contributed by atoms with Crippen molar-refractivity contribution in [1.82, 2.24) is 0 Å². The van der Waals surface area contributed by atoms with Gasteiger partial charge in [-0.15, -0.1) is 11.6 Å². The molecule has 1 aliphatic heterocycles. The molecule has 1 aliphatic rings. The van der Waals surface area contributed by atoms with E-state index in [1.165, 1.54) is 9.79 Å². The third kappa shape index (κ3) is 2.36. The predicted molar refractivity (Wildman–Crippen MR) is 79.8 cm³/mol. The van der Waals surface area contributed by atoms with Crippen molar-refractivity contribution in [2.75, 3.05) is 11.2 Å². The Balaban J connectivity index is 1.98. The molecule has 0 fully saturated rings. The molecular formula is C15H12ClNOS. The highest BCUT2D eigenvalue weighted by Crippen LogP contribution is 2.44. The van der Waals surface area contributed by atoms with Gasteiger partial charge in [0.2, 0.25) is 0 Å². The molecule has 1 N–H and O–H groups in total. The van der Waals surface area contributed by atoms with Gasteiger partial charge in [0.25, 0.3) is 0 Å². The minimum absolute atomic E-state index is 0.240. The van der Waals surface area contributed by atoms with Crippen molar-refractivity contribution < 1.29 is 4.79 Å². The van der Waals surface area contributed by atoms with E-state index in [-0.39, 0.29) is 5.92 Å². The molecule has 0 bridgehead atoms. The summed E-state index contributed by atoms with van der Waals surface area (Å²) in [5.74, 6) is 0.0717. The number of hydrogen-bond acceptors (Lipinski definition) is 3. The summed E-state index contributed by atoms with van der Waals surface area (Å²) >= 11 is 7.54. The van der Waals surface area contributed by atoms with Crippen LogP contribution in [0.3, 0.4) is 0 Å². The lowest BCUT2D eigenvalue weighted by atomic mass is 10.0. The lowest BCUT2D eigenvalue weighted by Crippen LogP contribution is -2.05. The fraction of sp³-hybridized carbons (Fsp3) is 0.133. The van der Waals surface area contributed by atoms with E-state index in [2.05, 4.69) is 17.4 Å². The van der Waals surface area contributed by atoms with Crippen molar-refractivity contribution >= 4 is 41.0 Å². The molecule has 0 radical (unpaired) electrons.